The van der Waals surface area contributed by atoms with Gasteiger partial charge in [-0.05, 0) is 50.1 Å². The molecule has 27 heavy (non-hydrogen) atoms. The summed E-state index contributed by atoms with van der Waals surface area (Å²) >= 11 is 0. The van der Waals surface area contributed by atoms with E-state index in [2.05, 4.69) is 10.1 Å². The summed E-state index contributed by atoms with van der Waals surface area (Å²) < 4.78 is 10.9. The zero-order valence-electron chi connectivity index (χ0n) is 16.6. The van der Waals surface area contributed by atoms with Crippen LogP contribution in [0.25, 0.3) is 0 Å². The van der Waals surface area contributed by atoms with E-state index in [1.54, 1.807) is 6.07 Å². The van der Waals surface area contributed by atoms with Crippen LogP contribution in [0.5, 0.6) is 5.75 Å². The Hall–Kier alpha value is -2.83. The second kappa shape index (κ2) is 8.24. The highest BCUT2D eigenvalue weighted by molar-refractivity contribution is 5.98. The van der Waals surface area contributed by atoms with Gasteiger partial charge in [-0.25, -0.2) is 9.78 Å². The number of rotatable bonds is 7. The predicted molar refractivity (Wildman–Crippen MR) is 101 cm³/mol. The number of carboxylic acid groups (broad SMARTS) is 1. The van der Waals surface area contributed by atoms with Gasteiger partial charge in [0.15, 0.2) is 19.1 Å². The summed E-state index contributed by atoms with van der Waals surface area (Å²) in [6.07, 6.45) is 0. The van der Waals surface area contributed by atoms with Crippen LogP contribution in [-0.4, -0.2) is 28.4 Å². The summed E-state index contributed by atoms with van der Waals surface area (Å²) in [5.41, 5.74) is 2.95. The van der Waals surface area contributed by atoms with Crippen molar-refractivity contribution < 1.29 is 23.9 Å². The van der Waals surface area contributed by atoms with Gasteiger partial charge >= 0.3 is 5.97 Å². The molecule has 1 heterocycles. The van der Waals surface area contributed by atoms with Crippen LogP contribution in [-0.2, 0) is 21.7 Å². The first-order valence-corrected chi connectivity index (χ1v) is 8.67. The van der Waals surface area contributed by atoms with Gasteiger partial charge in [0.05, 0.1) is 5.71 Å². The fourth-order valence-corrected chi connectivity index (χ4v) is 2.30. The zero-order chi connectivity index (χ0) is 20.2. The van der Waals surface area contributed by atoms with Crippen LogP contribution in [0.2, 0.25) is 0 Å². The van der Waals surface area contributed by atoms with Crippen molar-refractivity contribution in [2.45, 2.75) is 53.6 Å². The minimum Gasteiger partial charge on any atom is -0.482 e. The smallest absolute Gasteiger partial charge is 0.341 e. The normalized spacial score (nSPS) is 12.1. The van der Waals surface area contributed by atoms with E-state index < -0.39 is 5.97 Å². The number of oxime groups is 1. The molecule has 0 amide bonds. The predicted octanol–water partition coefficient (Wildman–Crippen LogP) is 3.99. The summed E-state index contributed by atoms with van der Waals surface area (Å²) in [5, 5.41) is 12.8. The third-order valence-corrected chi connectivity index (χ3v) is 3.88. The number of aryl methyl sites for hydroxylation is 2. The van der Waals surface area contributed by atoms with Gasteiger partial charge in [-0.15, -0.1) is 0 Å². The fourth-order valence-electron chi connectivity index (χ4n) is 2.30. The average Bonchev–Trinajstić information content (AvgIpc) is 2.94. The van der Waals surface area contributed by atoms with Gasteiger partial charge in [0.2, 0.25) is 0 Å². The molecule has 1 aromatic carbocycles. The molecule has 0 spiro atoms. The number of nitrogens with zero attached hydrogens (tertiary/aromatic N) is 2. The molecule has 2 rings (SSSR count). The van der Waals surface area contributed by atoms with Crippen LogP contribution in [0.15, 0.2) is 27.8 Å². The van der Waals surface area contributed by atoms with E-state index in [1.165, 1.54) is 0 Å². The van der Waals surface area contributed by atoms with Gasteiger partial charge in [-0.2, -0.15) is 0 Å². The van der Waals surface area contributed by atoms with Crippen molar-refractivity contribution in [3.8, 4) is 5.75 Å². The Morgan fingerprint density at radius 1 is 1.30 bits per heavy atom. The van der Waals surface area contributed by atoms with E-state index in [0.29, 0.717) is 17.4 Å². The van der Waals surface area contributed by atoms with E-state index in [4.69, 9.17) is 19.1 Å². The van der Waals surface area contributed by atoms with Gasteiger partial charge in [-0.3, -0.25) is 0 Å². The molecule has 0 atom stereocenters. The zero-order valence-corrected chi connectivity index (χ0v) is 16.6. The SMILES string of the molecule is C/C(=N/OCc1nc(C(C)(C)C)oc1C)c1ccc(OCC(=O)O)c(C)c1. The van der Waals surface area contributed by atoms with Gasteiger partial charge in [0.1, 0.15) is 17.2 Å². The molecule has 0 fully saturated rings. The Morgan fingerprint density at radius 3 is 2.56 bits per heavy atom. The van der Waals surface area contributed by atoms with Crippen molar-refractivity contribution in [2.24, 2.45) is 5.16 Å². The summed E-state index contributed by atoms with van der Waals surface area (Å²) in [5.74, 6) is 0.917. The van der Waals surface area contributed by atoms with Crippen LogP contribution in [0.1, 0.15) is 56.2 Å². The van der Waals surface area contributed by atoms with Gasteiger partial charge in [0, 0.05) is 5.41 Å². The maximum absolute atomic E-state index is 10.6. The molecule has 0 radical (unpaired) electrons. The minimum absolute atomic E-state index is 0.163. The summed E-state index contributed by atoms with van der Waals surface area (Å²) in [7, 11) is 0. The molecule has 2 aromatic rings. The lowest BCUT2D eigenvalue weighted by Gasteiger charge is -2.11. The van der Waals surface area contributed by atoms with Crippen molar-refractivity contribution in [2.75, 3.05) is 6.61 Å². The molecule has 0 aliphatic heterocycles. The third-order valence-electron chi connectivity index (χ3n) is 3.88. The maximum atomic E-state index is 10.6. The average molecular weight is 374 g/mol. The standard InChI is InChI=1S/C20H26N2O5/c1-12-9-15(7-8-17(12)25-11-18(23)24)13(2)22-26-10-16-14(3)27-19(21-16)20(4,5)6/h7-9H,10-11H2,1-6H3,(H,23,24)/b22-13-. The molecule has 0 aliphatic carbocycles. The minimum atomic E-state index is -1.01. The van der Waals surface area contributed by atoms with Gasteiger partial charge in [0.25, 0.3) is 0 Å². The molecule has 1 aromatic heterocycles. The highest BCUT2D eigenvalue weighted by Gasteiger charge is 2.22. The molecule has 0 saturated heterocycles. The molecule has 0 saturated carbocycles. The number of hydrogen-bond acceptors (Lipinski definition) is 6. The Bertz CT molecular complexity index is 847. The molecule has 1 N–H and O–H groups in total. The number of carboxylic acids is 1. The summed E-state index contributed by atoms with van der Waals surface area (Å²) in [4.78, 5) is 20.5. The van der Waals surface area contributed by atoms with Crippen molar-refractivity contribution in [1.82, 2.24) is 4.98 Å². The van der Waals surface area contributed by atoms with Crippen molar-refractivity contribution in [1.29, 1.82) is 0 Å². The Kier molecular flexibility index (Phi) is 6.25. The van der Waals surface area contributed by atoms with Crippen LogP contribution < -0.4 is 4.74 Å². The number of carbonyl (C=O) groups is 1. The molecule has 0 bridgehead atoms. The lowest BCUT2D eigenvalue weighted by molar-refractivity contribution is -0.139. The Balaban J connectivity index is 2.02. The molecule has 0 unspecified atom stereocenters. The van der Waals surface area contributed by atoms with Crippen LogP contribution >= 0.6 is 0 Å². The number of benzene rings is 1. The fraction of sp³-hybridized carbons (Fsp3) is 0.450. The van der Waals surface area contributed by atoms with Gasteiger partial charge in [-0.1, -0.05) is 25.9 Å². The Morgan fingerprint density at radius 2 is 2.00 bits per heavy atom. The number of aliphatic carboxylic acids is 1. The van der Waals surface area contributed by atoms with Crippen molar-refractivity contribution in [3.05, 3.63) is 46.7 Å². The highest BCUT2D eigenvalue weighted by atomic mass is 16.6. The van der Waals surface area contributed by atoms with Crippen LogP contribution in [0.3, 0.4) is 0 Å². The molecule has 0 aliphatic rings. The monoisotopic (exact) mass is 374 g/mol. The largest absolute Gasteiger partial charge is 0.482 e. The lowest BCUT2D eigenvalue weighted by atomic mass is 9.97. The number of ether oxygens (including phenoxy) is 1. The number of hydrogen-bond donors (Lipinski definition) is 1. The molecular weight excluding hydrogens is 348 g/mol. The second-order valence-corrected chi connectivity index (χ2v) is 7.38. The van der Waals surface area contributed by atoms with Crippen molar-refractivity contribution in [3.63, 3.8) is 0 Å². The molecule has 7 nitrogen and oxygen atoms in total. The number of aromatic nitrogens is 1. The molecular formula is C20H26N2O5. The number of oxazole rings is 1. The Labute approximate surface area is 159 Å². The van der Waals surface area contributed by atoms with Crippen LogP contribution in [0, 0.1) is 13.8 Å². The maximum Gasteiger partial charge on any atom is 0.341 e. The quantitative estimate of drug-likeness (QED) is 0.582. The van der Waals surface area contributed by atoms with E-state index in [0.717, 1.165) is 22.6 Å². The first-order chi connectivity index (χ1) is 12.6. The lowest BCUT2D eigenvalue weighted by Crippen LogP contribution is -2.11. The third kappa shape index (κ3) is 5.57. The molecule has 146 valence electrons. The van der Waals surface area contributed by atoms with E-state index >= 15 is 0 Å². The van der Waals surface area contributed by atoms with Gasteiger partial charge < -0.3 is 19.1 Å². The highest BCUT2D eigenvalue weighted by Crippen LogP contribution is 2.24. The summed E-state index contributed by atoms with van der Waals surface area (Å²) in [6, 6.07) is 5.41. The second-order valence-electron chi connectivity index (χ2n) is 7.38. The van der Waals surface area contributed by atoms with E-state index in [9.17, 15) is 4.79 Å². The van der Waals surface area contributed by atoms with E-state index in [1.807, 2.05) is 53.7 Å². The first-order valence-electron chi connectivity index (χ1n) is 8.67. The molecule has 7 heteroatoms. The topological polar surface area (TPSA) is 94.2 Å². The van der Waals surface area contributed by atoms with Crippen molar-refractivity contribution >= 4 is 11.7 Å². The van der Waals surface area contributed by atoms with E-state index in [-0.39, 0.29) is 18.6 Å². The summed E-state index contributed by atoms with van der Waals surface area (Å²) in [6.45, 7) is 11.5. The first kappa shape index (κ1) is 20.5. The van der Waals surface area contributed by atoms with Crippen LogP contribution in [0.4, 0.5) is 0 Å².